The molecule has 0 aliphatic carbocycles. The van der Waals surface area contributed by atoms with Gasteiger partial charge in [0.25, 0.3) is 5.91 Å². The Morgan fingerprint density at radius 1 is 1.07 bits per heavy atom. The Hall–Kier alpha value is -3.47. The van der Waals surface area contributed by atoms with Crippen LogP contribution >= 0.6 is 0 Å². The van der Waals surface area contributed by atoms with Crippen molar-refractivity contribution >= 4 is 17.6 Å². The third-order valence-corrected chi connectivity index (χ3v) is 4.96. The molecule has 0 fully saturated rings. The van der Waals surface area contributed by atoms with E-state index in [1.54, 1.807) is 17.2 Å². The van der Waals surface area contributed by atoms with Crippen LogP contribution in [0.3, 0.4) is 0 Å². The molecule has 0 bridgehead atoms. The molecule has 2 heterocycles. The highest BCUT2D eigenvalue weighted by atomic mass is 16.2. The highest BCUT2D eigenvalue weighted by molar-refractivity contribution is 6.03. The lowest BCUT2D eigenvalue weighted by Crippen LogP contribution is -2.45. The Morgan fingerprint density at radius 2 is 1.82 bits per heavy atom. The first-order valence-corrected chi connectivity index (χ1v) is 9.28. The van der Waals surface area contributed by atoms with Gasteiger partial charge in [-0.25, -0.2) is 4.98 Å². The third-order valence-electron chi connectivity index (χ3n) is 4.96. The molecule has 5 nitrogen and oxygen atoms in total. The van der Waals surface area contributed by atoms with E-state index in [0.29, 0.717) is 24.3 Å². The molecule has 1 aliphatic rings. The average molecular weight is 371 g/mol. The summed E-state index contributed by atoms with van der Waals surface area (Å²) in [6, 6.07) is 20.3. The van der Waals surface area contributed by atoms with Crippen LogP contribution in [0.15, 0.2) is 72.9 Å². The fourth-order valence-electron chi connectivity index (χ4n) is 3.46. The number of benzene rings is 2. The molecule has 3 aromatic rings. The van der Waals surface area contributed by atoms with Gasteiger partial charge >= 0.3 is 0 Å². The smallest absolute Gasteiger partial charge is 0.255 e. The Bertz CT molecular complexity index is 1000. The lowest BCUT2D eigenvalue weighted by atomic mass is 10.0. The number of pyridine rings is 1. The second kappa shape index (κ2) is 7.64. The van der Waals surface area contributed by atoms with Gasteiger partial charge in [0.2, 0.25) is 5.91 Å². The highest BCUT2D eigenvalue weighted by Crippen LogP contribution is 2.26. The maximum absolute atomic E-state index is 13.1. The number of hydrogen-bond acceptors (Lipinski definition) is 3. The van der Waals surface area contributed by atoms with Gasteiger partial charge in [0.15, 0.2) is 0 Å². The predicted octanol–water partition coefficient (Wildman–Crippen LogP) is 3.60. The van der Waals surface area contributed by atoms with Crippen LogP contribution in [0.1, 0.15) is 27.0 Å². The first-order chi connectivity index (χ1) is 13.6. The predicted molar refractivity (Wildman–Crippen MR) is 108 cm³/mol. The van der Waals surface area contributed by atoms with Crippen molar-refractivity contribution in [3.05, 3.63) is 95.2 Å². The molecule has 1 aliphatic heterocycles. The Balaban J connectivity index is 1.61. The monoisotopic (exact) mass is 371 g/mol. The zero-order valence-corrected chi connectivity index (χ0v) is 15.6. The van der Waals surface area contributed by atoms with Crippen molar-refractivity contribution in [1.29, 1.82) is 0 Å². The number of nitrogens with one attached hydrogen (secondary N) is 1. The van der Waals surface area contributed by atoms with Crippen LogP contribution < -0.4 is 5.32 Å². The number of hydrogen-bond donors (Lipinski definition) is 1. The number of aromatic nitrogens is 1. The number of nitrogens with zero attached hydrogens (tertiary/aromatic N) is 2. The van der Waals surface area contributed by atoms with Crippen LogP contribution in [-0.4, -0.2) is 27.7 Å². The van der Waals surface area contributed by atoms with Gasteiger partial charge in [0, 0.05) is 24.7 Å². The van der Waals surface area contributed by atoms with E-state index in [1.165, 1.54) is 0 Å². The first-order valence-electron chi connectivity index (χ1n) is 9.28. The molecule has 2 aromatic carbocycles. The van der Waals surface area contributed by atoms with Crippen LogP contribution in [0.25, 0.3) is 0 Å². The van der Waals surface area contributed by atoms with Gasteiger partial charge in [0.05, 0.1) is 0 Å². The number of aryl methyl sites for hydroxylation is 1. The Kier molecular flexibility index (Phi) is 4.89. The summed E-state index contributed by atoms with van der Waals surface area (Å²) in [4.78, 5) is 32.0. The number of fused-ring (bicyclic) bond motifs is 1. The number of anilines is 1. The third kappa shape index (κ3) is 3.64. The number of amides is 2. The summed E-state index contributed by atoms with van der Waals surface area (Å²) in [6.45, 7) is 2.37. The summed E-state index contributed by atoms with van der Waals surface area (Å²) in [5, 5.41) is 2.87. The fraction of sp³-hybridized carbons (Fsp3) is 0.174. The molecule has 2 amide bonds. The minimum Gasteiger partial charge on any atom is -0.322 e. The maximum Gasteiger partial charge on any atom is 0.255 e. The van der Waals surface area contributed by atoms with Gasteiger partial charge in [-0.05, 0) is 35.7 Å². The van der Waals surface area contributed by atoms with Crippen molar-refractivity contribution in [2.45, 2.75) is 25.9 Å². The van der Waals surface area contributed by atoms with E-state index in [0.717, 1.165) is 16.7 Å². The summed E-state index contributed by atoms with van der Waals surface area (Å²) in [6.07, 6.45) is 2.15. The van der Waals surface area contributed by atoms with Gasteiger partial charge in [-0.1, -0.05) is 54.6 Å². The quantitative estimate of drug-likeness (QED) is 0.745. The van der Waals surface area contributed by atoms with Gasteiger partial charge in [-0.2, -0.15) is 0 Å². The molecule has 0 saturated heterocycles. The van der Waals surface area contributed by atoms with Crippen LogP contribution in [0.4, 0.5) is 5.82 Å². The molecule has 4 rings (SSSR count). The second-order valence-corrected chi connectivity index (χ2v) is 7.01. The average Bonchev–Trinajstić information content (AvgIpc) is 3.05. The van der Waals surface area contributed by atoms with E-state index < -0.39 is 6.04 Å². The maximum atomic E-state index is 13.1. The van der Waals surface area contributed by atoms with Crippen molar-refractivity contribution < 1.29 is 9.59 Å². The largest absolute Gasteiger partial charge is 0.322 e. The van der Waals surface area contributed by atoms with Crippen LogP contribution in [0, 0.1) is 6.92 Å². The Labute approximate surface area is 164 Å². The molecule has 140 valence electrons. The topological polar surface area (TPSA) is 62.3 Å². The summed E-state index contributed by atoms with van der Waals surface area (Å²) < 4.78 is 0. The Morgan fingerprint density at radius 3 is 2.54 bits per heavy atom. The number of rotatable bonds is 5. The molecular formula is C23H21N3O2. The zero-order valence-electron chi connectivity index (χ0n) is 15.6. The van der Waals surface area contributed by atoms with Crippen LogP contribution in [0.2, 0.25) is 0 Å². The van der Waals surface area contributed by atoms with Gasteiger partial charge in [-0.15, -0.1) is 0 Å². The molecule has 1 unspecified atom stereocenters. The second-order valence-electron chi connectivity index (χ2n) is 7.01. The van der Waals surface area contributed by atoms with Gasteiger partial charge in [0.1, 0.15) is 11.9 Å². The lowest BCUT2D eigenvalue weighted by molar-refractivity contribution is -0.120. The minimum absolute atomic E-state index is 0.108. The molecule has 1 atom stereocenters. The van der Waals surface area contributed by atoms with Crippen LogP contribution in [0.5, 0.6) is 0 Å². The van der Waals surface area contributed by atoms with Gasteiger partial charge < -0.3 is 10.2 Å². The summed E-state index contributed by atoms with van der Waals surface area (Å²) in [5.41, 5.74) is 3.64. The molecule has 5 heteroatoms. The van der Waals surface area contributed by atoms with E-state index in [-0.39, 0.29) is 11.8 Å². The fourth-order valence-corrected chi connectivity index (χ4v) is 3.46. The van der Waals surface area contributed by atoms with Crippen molar-refractivity contribution in [1.82, 2.24) is 9.88 Å². The van der Waals surface area contributed by atoms with E-state index in [4.69, 9.17) is 0 Å². The molecule has 0 saturated carbocycles. The summed E-state index contributed by atoms with van der Waals surface area (Å²) >= 11 is 0. The van der Waals surface area contributed by atoms with E-state index in [9.17, 15) is 9.59 Å². The number of carbonyl (C=O) groups excluding carboxylic acids is 2. The summed E-state index contributed by atoms with van der Waals surface area (Å²) in [5.74, 6) is 0.141. The first kappa shape index (κ1) is 17.9. The SMILES string of the molecule is Cc1ccc(NC(=O)C(Cc2ccccc2)N2Cc3ccccc3C2=O)nc1. The minimum atomic E-state index is -0.620. The molecule has 0 spiro atoms. The van der Waals surface area contributed by atoms with Crippen LogP contribution in [-0.2, 0) is 17.8 Å². The van der Waals surface area contributed by atoms with Crippen molar-refractivity contribution in [3.63, 3.8) is 0 Å². The molecule has 28 heavy (non-hydrogen) atoms. The molecule has 1 N–H and O–H groups in total. The van der Waals surface area contributed by atoms with Crippen molar-refractivity contribution in [3.8, 4) is 0 Å². The molecule has 1 aromatic heterocycles. The standard InChI is InChI=1S/C23H21N3O2/c1-16-11-12-21(24-14-16)25-22(27)20(13-17-7-3-2-4-8-17)26-15-18-9-5-6-10-19(18)23(26)28/h2-12,14,20H,13,15H2,1H3,(H,24,25,27). The van der Waals surface area contributed by atoms with Crippen molar-refractivity contribution in [2.24, 2.45) is 0 Å². The van der Waals surface area contributed by atoms with E-state index in [2.05, 4.69) is 10.3 Å². The van der Waals surface area contributed by atoms with Crippen molar-refractivity contribution in [2.75, 3.05) is 5.32 Å². The molecule has 0 radical (unpaired) electrons. The lowest BCUT2D eigenvalue weighted by Gasteiger charge is -2.27. The zero-order chi connectivity index (χ0) is 19.5. The number of carbonyl (C=O) groups is 2. The van der Waals surface area contributed by atoms with Gasteiger partial charge in [-0.3, -0.25) is 9.59 Å². The van der Waals surface area contributed by atoms with E-state index in [1.807, 2.05) is 67.6 Å². The van der Waals surface area contributed by atoms with E-state index >= 15 is 0 Å². The summed E-state index contributed by atoms with van der Waals surface area (Å²) in [7, 11) is 0. The normalized spacial score (nSPS) is 13.9. The molecular weight excluding hydrogens is 350 g/mol. The highest BCUT2D eigenvalue weighted by Gasteiger charge is 2.36.